The van der Waals surface area contributed by atoms with Crippen molar-refractivity contribution in [3.8, 4) is 0 Å². The Morgan fingerprint density at radius 3 is 2.41 bits per heavy atom. The Morgan fingerprint density at radius 2 is 1.96 bits per heavy atom. The second kappa shape index (κ2) is 8.41. The quantitative estimate of drug-likeness (QED) is 0.653. The maximum atomic E-state index is 13.5. The fourth-order valence-electron chi connectivity index (χ4n) is 2.31. The topological polar surface area (TPSA) is 88.5 Å². The van der Waals surface area contributed by atoms with E-state index in [0.717, 1.165) is 0 Å². The van der Waals surface area contributed by atoms with E-state index in [1.165, 1.54) is 6.92 Å². The summed E-state index contributed by atoms with van der Waals surface area (Å²) >= 11 is 0. The maximum Gasteiger partial charge on any atom is 0.418 e. The lowest BCUT2D eigenvalue weighted by atomic mass is 9.95. The molecule has 150 valence electrons. The molecule has 0 aliphatic heterocycles. The van der Waals surface area contributed by atoms with Gasteiger partial charge in [-0.05, 0) is 45.6 Å². The lowest BCUT2D eigenvalue weighted by Gasteiger charge is -2.22. The molecule has 27 heavy (non-hydrogen) atoms. The molecule has 0 saturated heterocycles. The molecular weight excluding hydrogens is 365 g/mol. The van der Waals surface area contributed by atoms with Crippen molar-refractivity contribution in [1.29, 1.82) is 0 Å². The highest BCUT2D eigenvalue weighted by molar-refractivity contribution is 5.97. The Morgan fingerprint density at radius 1 is 1.37 bits per heavy atom. The highest BCUT2D eigenvalue weighted by atomic mass is 19.4. The van der Waals surface area contributed by atoms with Crippen molar-refractivity contribution in [3.63, 3.8) is 0 Å². The largest absolute Gasteiger partial charge is 0.476 e. The van der Waals surface area contributed by atoms with Crippen molar-refractivity contribution < 1.29 is 32.6 Å². The first-order valence-electron chi connectivity index (χ1n) is 8.22. The number of allylic oxidation sites excluding steroid dienone is 1. The van der Waals surface area contributed by atoms with Gasteiger partial charge in [0, 0.05) is 0 Å². The summed E-state index contributed by atoms with van der Waals surface area (Å²) in [5.74, 6) is -2.22. The van der Waals surface area contributed by atoms with Crippen molar-refractivity contribution in [2.24, 2.45) is 0 Å². The van der Waals surface area contributed by atoms with Crippen LogP contribution >= 0.6 is 0 Å². The molecule has 2 N–H and O–H groups in total. The molecule has 1 aromatic heterocycles. The van der Waals surface area contributed by atoms with Gasteiger partial charge < -0.3 is 9.84 Å². The highest BCUT2D eigenvalue weighted by Crippen LogP contribution is 2.38. The third-order valence-electron chi connectivity index (χ3n) is 3.47. The SMILES string of the molecule is C=CCCC(C)c1nc(C(=O)O)c(NC(=O)OC(C)(C)C)cc1C(F)(F)F. The van der Waals surface area contributed by atoms with Gasteiger partial charge in [0.2, 0.25) is 0 Å². The summed E-state index contributed by atoms with van der Waals surface area (Å²) in [5, 5.41) is 11.4. The first kappa shape index (κ1) is 22.5. The van der Waals surface area contributed by atoms with E-state index in [9.17, 15) is 27.9 Å². The van der Waals surface area contributed by atoms with Crippen LogP contribution < -0.4 is 5.32 Å². The molecule has 0 aliphatic carbocycles. The van der Waals surface area contributed by atoms with Gasteiger partial charge in [-0.15, -0.1) is 6.58 Å². The van der Waals surface area contributed by atoms with Gasteiger partial charge in [-0.25, -0.2) is 14.6 Å². The van der Waals surface area contributed by atoms with Crippen molar-refractivity contribution >= 4 is 17.7 Å². The predicted octanol–water partition coefficient (Wildman–Crippen LogP) is 5.22. The number of hydrogen-bond acceptors (Lipinski definition) is 4. The fraction of sp³-hybridized carbons (Fsp3) is 0.500. The maximum absolute atomic E-state index is 13.5. The van der Waals surface area contributed by atoms with E-state index in [-0.39, 0.29) is 0 Å². The van der Waals surface area contributed by atoms with Gasteiger partial charge in [-0.1, -0.05) is 13.0 Å². The number of aromatic nitrogens is 1. The predicted molar refractivity (Wildman–Crippen MR) is 93.9 cm³/mol. The van der Waals surface area contributed by atoms with Crippen molar-refractivity contribution in [3.05, 3.63) is 35.7 Å². The monoisotopic (exact) mass is 388 g/mol. The molecule has 0 saturated carbocycles. The molecule has 0 aromatic carbocycles. The molecule has 6 nitrogen and oxygen atoms in total. The van der Waals surface area contributed by atoms with Gasteiger partial charge in [0.05, 0.1) is 16.9 Å². The molecule has 9 heteroatoms. The Hall–Kier alpha value is -2.58. The molecular formula is C18H23F3N2O4. The summed E-state index contributed by atoms with van der Waals surface area (Å²) in [4.78, 5) is 27.1. The minimum atomic E-state index is -4.77. The van der Waals surface area contributed by atoms with Crippen LogP contribution in [0.5, 0.6) is 0 Å². The fourth-order valence-corrected chi connectivity index (χ4v) is 2.31. The summed E-state index contributed by atoms with van der Waals surface area (Å²) in [7, 11) is 0. The zero-order valence-electron chi connectivity index (χ0n) is 15.6. The average Bonchev–Trinajstić information content (AvgIpc) is 2.49. The zero-order chi connectivity index (χ0) is 21.0. The van der Waals surface area contributed by atoms with Gasteiger partial charge in [0.25, 0.3) is 0 Å². The van der Waals surface area contributed by atoms with Crippen molar-refractivity contribution in [1.82, 2.24) is 4.98 Å². The summed E-state index contributed by atoms with van der Waals surface area (Å²) in [6.07, 6.45) is -3.53. The van der Waals surface area contributed by atoms with E-state index in [2.05, 4.69) is 11.6 Å². The minimum Gasteiger partial charge on any atom is -0.476 e. The summed E-state index contributed by atoms with van der Waals surface area (Å²) < 4.78 is 45.5. The van der Waals surface area contributed by atoms with Crippen LogP contribution in [0.2, 0.25) is 0 Å². The molecule has 1 heterocycles. The van der Waals surface area contributed by atoms with E-state index < -0.39 is 52.4 Å². The van der Waals surface area contributed by atoms with Crippen LogP contribution in [0, 0.1) is 0 Å². The number of halogens is 3. The Bertz CT molecular complexity index is 725. The number of nitrogens with one attached hydrogen (secondary N) is 1. The molecule has 1 aromatic rings. The van der Waals surface area contributed by atoms with E-state index in [1.54, 1.807) is 26.8 Å². The number of hydrogen-bond donors (Lipinski definition) is 2. The molecule has 0 fully saturated rings. The molecule has 1 atom stereocenters. The van der Waals surface area contributed by atoms with E-state index in [4.69, 9.17) is 4.74 Å². The van der Waals surface area contributed by atoms with Crippen molar-refractivity contribution in [2.75, 3.05) is 5.32 Å². The first-order chi connectivity index (χ1) is 12.3. The van der Waals surface area contributed by atoms with Gasteiger partial charge in [0.1, 0.15) is 5.60 Å². The number of anilines is 1. The van der Waals surface area contributed by atoms with Crippen LogP contribution in [0.25, 0.3) is 0 Å². The number of nitrogens with zero attached hydrogens (tertiary/aromatic N) is 1. The number of pyridine rings is 1. The summed E-state index contributed by atoms with van der Waals surface area (Å²) in [6.45, 7) is 9.73. The summed E-state index contributed by atoms with van der Waals surface area (Å²) in [5.41, 5.74) is -3.67. The Kier molecular flexibility index (Phi) is 6.99. The third kappa shape index (κ3) is 6.58. The molecule has 0 spiro atoms. The molecule has 0 bridgehead atoms. The summed E-state index contributed by atoms with van der Waals surface area (Å²) in [6, 6.07) is 0.583. The highest BCUT2D eigenvalue weighted by Gasteiger charge is 2.37. The number of alkyl halides is 3. The molecule has 1 amide bonds. The second-order valence-electron chi connectivity index (χ2n) is 7.01. The number of carbonyl (C=O) groups is 2. The van der Waals surface area contributed by atoms with Crippen LogP contribution in [0.1, 0.15) is 68.2 Å². The van der Waals surface area contributed by atoms with Gasteiger partial charge in [0.15, 0.2) is 5.69 Å². The van der Waals surface area contributed by atoms with Crippen molar-refractivity contribution in [2.45, 2.75) is 58.2 Å². The van der Waals surface area contributed by atoms with Crippen LogP contribution in [0.4, 0.5) is 23.7 Å². The van der Waals surface area contributed by atoms with E-state index in [1.807, 2.05) is 5.32 Å². The standard InChI is InChI=1S/C18H23F3N2O4/c1-6-7-8-10(2)13-11(18(19,20)21)9-12(14(23-13)15(24)25)22-16(26)27-17(3,4)5/h6,9-10H,1,7-8H2,2-5H3,(H,22,26)(H,24,25). The Labute approximate surface area is 155 Å². The van der Waals surface area contributed by atoms with Crippen LogP contribution in [-0.2, 0) is 10.9 Å². The van der Waals surface area contributed by atoms with Gasteiger partial charge in [-0.3, -0.25) is 5.32 Å². The molecule has 1 unspecified atom stereocenters. The van der Waals surface area contributed by atoms with Crippen LogP contribution in [0.15, 0.2) is 18.7 Å². The molecule has 1 rings (SSSR count). The van der Waals surface area contributed by atoms with Gasteiger partial charge >= 0.3 is 18.2 Å². The number of carboxylic acid groups (broad SMARTS) is 1. The Balaban J connectivity index is 3.45. The lowest BCUT2D eigenvalue weighted by molar-refractivity contribution is -0.138. The number of carboxylic acids is 1. The van der Waals surface area contributed by atoms with E-state index in [0.29, 0.717) is 18.9 Å². The lowest BCUT2D eigenvalue weighted by Crippen LogP contribution is -2.28. The van der Waals surface area contributed by atoms with Crippen LogP contribution in [0.3, 0.4) is 0 Å². The molecule has 0 radical (unpaired) electrons. The second-order valence-corrected chi connectivity index (χ2v) is 7.01. The zero-order valence-corrected chi connectivity index (χ0v) is 15.6. The third-order valence-corrected chi connectivity index (χ3v) is 3.47. The number of carbonyl (C=O) groups excluding carboxylic acids is 1. The molecule has 0 aliphatic rings. The minimum absolute atomic E-state index is 0.317. The van der Waals surface area contributed by atoms with E-state index >= 15 is 0 Å². The average molecular weight is 388 g/mol. The number of aromatic carboxylic acids is 1. The number of rotatable bonds is 6. The van der Waals surface area contributed by atoms with Crippen LogP contribution in [-0.4, -0.2) is 27.8 Å². The smallest absolute Gasteiger partial charge is 0.418 e. The normalized spacial score (nSPS) is 13.0. The first-order valence-corrected chi connectivity index (χ1v) is 8.22. The number of amides is 1. The number of ether oxygens (including phenoxy) is 1. The van der Waals surface area contributed by atoms with Gasteiger partial charge in [-0.2, -0.15) is 13.2 Å².